The molecule has 3 nitrogen and oxygen atoms in total. The third kappa shape index (κ3) is 1.16. The molecule has 0 bridgehead atoms. The molecule has 2 rings (SSSR count). The van der Waals surface area contributed by atoms with Gasteiger partial charge in [-0.3, -0.25) is 0 Å². The standard InChI is InChI=1S/C9H8N2O/c12-11-7-3-4-9(8-11)10-5-1-2-6-10/h1-8H. The number of nitrogens with zero attached hydrogens (tertiary/aromatic N) is 2. The first kappa shape index (κ1) is 6.91. The lowest BCUT2D eigenvalue weighted by Crippen LogP contribution is -2.24. The summed E-state index contributed by atoms with van der Waals surface area (Å²) in [6.07, 6.45) is 6.79. The van der Waals surface area contributed by atoms with Gasteiger partial charge in [-0.15, -0.1) is 0 Å². The molecule has 0 aromatic carbocycles. The fourth-order valence-electron chi connectivity index (χ4n) is 1.10. The van der Waals surface area contributed by atoms with Crippen LogP contribution in [-0.2, 0) is 0 Å². The Kier molecular flexibility index (Phi) is 1.55. The lowest BCUT2D eigenvalue weighted by atomic mass is 10.4. The molecule has 0 fully saturated rings. The van der Waals surface area contributed by atoms with Gasteiger partial charge in [-0.1, -0.05) is 0 Å². The van der Waals surface area contributed by atoms with Crippen LogP contribution < -0.4 is 4.73 Å². The van der Waals surface area contributed by atoms with Crippen LogP contribution in [0, 0.1) is 5.21 Å². The minimum atomic E-state index is 0.787. The van der Waals surface area contributed by atoms with Gasteiger partial charge in [0.15, 0.2) is 6.20 Å². The summed E-state index contributed by atoms with van der Waals surface area (Å²) in [6, 6.07) is 7.45. The van der Waals surface area contributed by atoms with Gasteiger partial charge in [-0.05, 0) is 18.2 Å². The van der Waals surface area contributed by atoms with Gasteiger partial charge >= 0.3 is 0 Å². The van der Waals surface area contributed by atoms with Gasteiger partial charge in [0.05, 0.1) is 0 Å². The van der Waals surface area contributed by atoms with Crippen molar-refractivity contribution in [3.63, 3.8) is 0 Å². The highest BCUT2D eigenvalue weighted by atomic mass is 16.5. The number of hydrogen-bond donors (Lipinski definition) is 0. The molecular weight excluding hydrogens is 152 g/mol. The van der Waals surface area contributed by atoms with Crippen molar-refractivity contribution in [2.75, 3.05) is 0 Å². The van der Waals surface area contributed by atoms with Crippen LogP contribution in [-0.4, -0.2) is 4.57 Å². The quantitative estimate of drug-likeness (QED) is 0.454. The minimum absolute atomic E-state index is 0.787. The SMILES string of the molecule is [O-][n+]1cccc(-n2cccc2)c1. The Morgan fingerprint density at radius 1 is 1.17 bits per heavy atom. The van der Waals surface area contributed by atoms with Crippen LogP contribution in [0.5, 0.6) is 0 Å². The van der Waals surface area contributed by atoms with Crippen LogP contribution in [0.3, 0.4) is 0 Å². The molecule has 2 aromatic rings. The molecule has 0 saturated carbocycles. The molecule has 60 valence electrons. The molecule has 0 aliphatic rings. The molecule has 2 heterocycles. The van der Waals surface area contributed by atoms with Gasteiger partial charge in [0.2, 0.25) is 6.20 Å². The Labute approximate surface area is 70.1 Å². The fraction of sp³-hybridized carbons (Fsp3) is 0. The van der Waals surface area contributed by atoms with Gasteiger partial charge in [0, 0.05) is 18.5 Å². The van der Waals surface area contributed by atoms with Crippen LogP contribution in [0.4, 0.5) is 0 Å². The minimum Gasteiger partial charge on any atom is -0.619 e. The number of pyridine rings is 1. The second-order valence-electron chi connectivity index (χ2n) is 2.51. The van der Waals surface area contributed by atoms with E-state index in [-0.39, 0.29) is 0 Å². The summed E-state index contributed by atoms with van der Waals surface area (Å²) in [5, 5.41) is 10.9. The van der Waals surface area contributed by atoms with Gasteiger partial charge in [-0.25, -0.2) is 0 Å². The van der Waals surface area contributed by atoms with Crippen molar-refractivity contribution in [2.24, 2.45) is 0 Å². The van der Waals surface area contributed by atoms with Crippen molar-refractivity contribution in [3.05, 3.63) is 54.3 Å². The van der Waals surface area contributed by atoms with E-state index < -0.39 is 0 Å². The maximum absolute atomic E-state index is 10.9. The zero-order valence-electron chi connectivity index (χ0n) is 6.42. The molecule has 3 heteroatoms. The molecule has 2 aromatic heterocycles. The van der Waals surface area contributed by atoms with E-state index in [0.29, 0.717) is 0 Å². The second kappa shape index (κ2) is 2.70. The highest BCUT2D eigenvalue weighted by molar-refractivity contribution is 5.26. The molecule has 0 N–H and O–H groups in total. The lowest BCUT2D eigenvalue weighted by molar-refractivity contribution is -0.605. The van der Waals surface area contributed by atoms with Crippen molar-refractivity contribution in [1.29, 1.82) is 0 Å². The highest BCUT2D eigenvalue weighted by Gasteiger charge is 1.96. The smallest absolute Gasteiger partial charge is 0.204 e. The number of rotatable bonds is 1. The number of aromatic nitrogens is 2. The van der Waals surface area contributed by atoms with Crippen molar-refractivity contribution in [2.45, 2.75) is 0 Å². The molecule has 0 unspecified atom stereocenters. The van der Waals surface area contributed by atoms with Crippen LogP contribution >= 0.6 is 0 Å². The first-order chi connectivity index (χ1) is 5.86. The van der Waals surface area contributed by atoms with E-state index in [9.17, 15) is 5.21 Å². The zero-order chi connectivity index (χ0) is 8.39. The molecule has 0 aliphatic heterocycles. The predicted octanol–water partition coefficient (Wildman–Crippen LogP) is 1.11. The van der Waals surface area contributed by atoms with E-state index in [1.807, 2.05) is 35.2 Å². The van der Waals surface area contributed by atoms with Crippen LogP contribution in [0.2, 0.25) is 0 Å². The maximum atomic E-state index is 10.9. The Morgan fingerprint density at radius 3 is 2.58 bits per heavy atom. The van der Waals surface area contributed by atoms with E-state index >= 15 is 0 Å². The molecule has 0 amide bonds. The molecule has 0 aliphatic carbocycles. The Balaban J connectivity index is 2.48. The summed E-state index contributed by atoms with van der Waals surface area (Å²) in [7, 11) is 0. The van der Waals surface area contributed by atoms with Gasteiger partial charge in [0.1, 0.15) is 5.69 Å². The Morgan fingerprint density at radius 2 is 1.92 bits per heavy atom. The summed E-state index contributed by atoms with van der Waals surface area (Å²) in [4.78, 5) is 0. The third-order valence-electron chi connectivity index (χ3n) is 1.66. The first-order valence-electron chi connectivity index (χ1n) is 3.68. The summed E-state index contributed by atoms with van der Waals surface area (Å²) in [5.41, 5.74) is 0.873. The first-order valence-corrected chi connectivity index (χ1v) is 3.68. The lowest BCUT2D eigenvalue weighted by Gasteiger charge is -2.00. The zero-order valence-corrected chi connectivity index (χ0v) is 6.42. The van der Waals surface area contributed by atoms with E-state index in [2.05, 4.69) is 0 Å². The topological polar surface area (TPSA) is 31.9 Å². The third-order valence-corrected chi connectivity index (χ3v) is 1.66. The summed E-state index contributed by atoms with van der Waals surface area (Å²) >= 11 is 0. The van der Waals surface area contributed by atoms with Crippen LogP contribution in [0.15, 0.2) is 49.1 Å². The van der Waals surface area contributed by atoms with Gasteiger partial charge < -0.3 is 9.77 Å². The van der Waals surface area contributed by atoms with Crippen molar-refractivity contribution < 1.29 is 4.73 Å². The second-order valence-corrected chi connectivity index (χ2v) is 2.51. The molecule has 0 radical (unpaired) electrons. The van der Waals surface area contributed by atoms with Crippen LogP contribution in [0.1, 0.15) is 0 Å². The molecule has 12 heavy (non-hydrogen) atoms. The molecule has 0 atom stereocenters. The largest absolute Gasteiger partial charge is 0.619 e. The average Bonchev–Trinajstić information content (AvgIpc) is 2.56. The molecule has 0 spiro atoms. The predicted molar refractivity (Wildman–Crippen MR) is 44.7 cm³/mol. The van der Waals surface area contributed by atoms with E-state index in [1.165, 1.54) is 12.4 Å². The summed E-state index contributed by atoms with van der Waals surface area (Å²) < 4.78 is 2.67. The van der Waals surface area contributed by atoms with E-state index in [0.717, 1.165) is 10.4 Å². The van der Waals surface area contributed by atoms with Crippen molar-refractivity contribution in [3.8, 4) is 5.69 Å². The summed E-state index contributed by atoms with van der Waals surface area (Å²) in [6.45, 7) is 0. The molecule has 0 saturated heterocycles. The van der Waals surface area contributed by atoms with Gasteiger partial charge in [-0.2, -0.15) is 4.73 Å². The summed E-state index contributed by atoms with van der Waals surface area (Å²) in [5.74, 6) is 0. The molecular formula is C9H8N2O. The Bertz CT molecular complexity index is 368. The van der Waals surface area contributed by atoms with E-state index in [4.69, 9.17) is 0 Å². The monoisotopic (exact) mass is 160 g/mol. The van der Waals surface area contributed by atoms with Crippen LogP contribution in [0.25, 0.3) is 5.69 Å². The normalized spacial score (nSPS) is 10.0. The van der Waals surface area contributed by atoms with Crippen molar-refractivity contribution in [1.82, 2.24) is 4.57 Å². The maximum Gasteiger partial charge on any atom is 0.204 e. The Hall–Kier alpha value is -1.77. The number of hydrogen-bond acceptors (Lipinski definition) is 1. The van der Waals surface area contributed by atoms with Crippen molar-refractivity contribution >= 4 is 0 Å². The van der Waals surface area contributed by atoms with Gasteiger partial charge in [0.25, 0.3) is 0 Å². The van der Waals surface area contributed by atoms with E-state index in [1.54, 1.807) is 6.07 Å². The average molecular weight is 160 g/mol. The fourth-order valence-corrected chi connectivity index (χ4v) is 1.10. The highest BCUT2D eigenvalue weighted by Crippen LogP contribution is 2.03.